The molecule has 0 aliphatic carbocycles. The van der Waals surface area contributed by atoms with Crippen LogP contribution >= 0.6 is 23.1 Å². The van der Waals surface area contributed by atoms with E-state index in [1.807, 2.05) is 19.2 Å². The van der Waals surface area contributed by atoms with E-state index in [1.165, 1.54) is 23.1 Å². The van der Waals surface area contributed by atoms with Crippen molar-refractivity contribution in [3.05, 3.63) is 38.2 Å². The number of nitrogens with zero attached hydrogens (tertiary/aromatic N) is 3. The van der Waals surface area contributed by atoms with Gasteiger partial charge in [0, 0.05) is 30.6 Å². The van der Waals surface area contributed by atoms with Crippen molar-refractivity contribution in [2.75, 3.05) is 18.8 Å². The summed E-state index contributed by atoms with van der Waals surface area (Å²) in [6.07, 6.45) is 0.428. The van der Waals surface area contributed by atoms with E-state index in [-0.39, 0.29) is 27.4 Å². The number of nitrogens with two attached hydrogens (primary N) is 2. The monoisotopic (exact) mass is 385 g/mol. The van der Waals surface area contributed by atoms with Gasteiger partial charge >= 0.3 is 0 Å². The molecule has 0 aromatic carbocycles. The Hall–Kier alpha value is -2.01. The molecular formula is C14H23N7O2S2. The van der Waals surface area contributed by atoms with Crippen LogP contribution in [0, 0.1) is 15.5 Å². The quantitative estimate of drug-likeness (QED) is 0.172. The molecule has 1 atom stereocenters. The van der Waals surface area contributed by atoms with Crippen molar-refractivity contribution in [2.45, 2.75) is 25.6 Å². The minimum atomic E-state index is -0.319. The molecular weight excluding hydrogens is 362 g/mol. The zero-order valence-electron chi connectivity index (χ0n) is 14.2. The number of aliphatic imine (C=N–C) groups is 1. The van der Waals surface area contributed by atoms with Crippen molar-refractivity contribution in [3.63, 3.8) is 0 Å². The standard InChI is InChI=1S/C14H23N7O2S2/c1-14(2)5-10(21(22)23)11(18-7-14)17-3-4-25-12(20-13(15)16)9-6-24-8-19-9/h6,8,12,17-18H,3-5,7H2,1-2H3,(H4,15,16,20). The molecule has 6 N–H and O–H groups in total. The molecule has 0 radical (unpaired) electrons. The lowest BCUT2D eigenvalue weighted by atomic mass is 9.85. The Morgan fingerprint density at radius 1 is 1.64 bits per heavy atom. The maximum absolute atomic E-state index is 11.3. The summed E-state index contributed by atoms with van der Waals surface area (Å²) < 4.78 is 0. The van der Waals surface area contributed by atoms with Crippen LogP contribution in [0.2, 0.25) is 0 Å². The number of hydrogen-bond acceptors (Lipinski definition) is 8. The Kier molecular flexibility index (Phi) is 6.48. The Labute approximate surface area is 154 Å². The molecule has 1 unspecified atom stereocenters. The van der Waals surface area contributed by atoms with E-state index in [4.69, 9.17) is 11.5 Å². The number of allylic oxidation sites excluding steroid dienone is 1. The highest BCUT2D eigenvalue weighted by Gasteiger charge is 2.33. The second kappa shape index (κ2) is 8.39. The Morgan fingerprint density at radius 3 is 3.00 bits per heavy atom. The van der Waals surface area contributed by atoms with Crippen LogP contribution in [0.5, 0.6) is 0 Å². The Morgan fingerprint density at radius 2 is 2.40 bits per heavy atom. The van der Waals surface area contributed by atoms with Crippen molar-refractivity contribution >= 4 is 29.1 Å². The zero-order valence-corrected chi connectivity index (χ0v) is 15.8. The molecule has 1 aromatic rings. The first-order chi connectivity index (χ1) is 11.8. The zero-order chi connectivity index (χ0) is 18.4. The topological polar surface area (TPSA) is 144 Å². The van der Waals surface area contributed by atoms with Crippen LogP contribution in [0.15, 0.2) is 27.4 Å². The van der Waals surface area contributed by atoms with Crippen LogP contribution in [0.1, 0.15) is 31.3 Å². The summed E-state index contributed by atoms with van der Waals surface area (Å²) in [7, 11) is 0. The lowest BCUT2D eigenvalue weighted by molar-refractivity contribution is -0.432. The van der Waals surface area contributed by atoms with Gasteiger partial charge in [-0.15, -0.1) is 23.1 Å². The fraction of sp³-hybridized carbons (Fsp3) is 0.571. The lowest BCUT2D eigenvalue weighted by Gasteiger charge is -2.30. The normalized spacial score (nSPS) is 17.5. The van der Waals surface area contributed by atoms with E-state index in [1.54, 1.807) is 5.51 Å². The molecule has 0 saturated carbocycles. The molecule has 0 amide bonds. The molecule has 25 heavy (non-hydrogen) atoms. The van der Waals surface area contributed by atoms with Crippen LogP contribution in [-0.2, 0) is 0 Å². The van der Waals surface area contributed by atoms with Gasteiger partial charge in [0.25, 0.3) is 5.70 Å². The first kappa shape index (κ1) is 19.3. The van der Waals surface area contributed by atoms with E-state index in [0.717, 1.165) is 5.69 Å². The van der Waals surface area contributed by atoms with E-state index < -0.39 is 0 Å². The molecule has 138 valence electrons. The molecule has 1 aromatic heterocycles. The van der Waals surface area contributed by atoms with E-state index in [2.05, 4.69) is 20.6 Å². The summed E-state index contributed by atoms with van der Waals surface area (Å²) in [5.74, 6) is 1.17. The minimum Gasteiger partial charge on any atom is -0.370 e. The molecule has 11 heteroatoms. The third-order valence-electron chi connectivity index (χ3n) is 3.55. The largest absolute Gasteiger partial charge is 0.370 e. The van der Waals surface area contributed by atoms with Gasteiger partial charge in [-0.3, -0.25) is 10.1 Å². The van der Waals surface area contributed by atoms with Crippen molar-refractivity contribution in [1.29, 1.82) is 0 Å². The van der Waals surface area contributed by atoms with Gasteiger partial charge in [0.2, 0.25) is 0 Å². The number of nitro groups is 1. The molecule has 2 heterocycles. The van der Waals surface area contributed by atoms with Crippen molar-refractivity contribution < 1.29 is 4.92 Å². The van der Waals surface area contributed by atoms with E-state index in [0.29, 0.717) is 31.1 Å². The molecule has 1 aliphatic heterocycles. The summed E-state index contributed by atoms with van der Waals surface area (Å²) in [4.78, 5) is 19.4. The Bertz CT molecular complexity index is 654. The Balaban J connectivity index is 1.92. The number of nitrogens with one attached hydrogen (secondary N) is 2. The lowest BCUT2D eigenvalue weighted by Crippen LogP contribution is -2.42. The number of rotatable bonds is 8. The van der Waals surface area contributed by atoms with Crippen LogP contribution in [-0.4, -0.2) is 34.7 Å². The molecule has 2 rings (SSSR count). The highest BCUT2D eigenvalue weighted by atomic mass is 32.2. The molecule has 9 nitrogen and oxygen atoms in total. The van der Waals surface area contributed by atoms with Crippen molar-refractivity contribution in [2.24, 2.45) is 21.9 Å². The van der Waals surface area contributed by atoms with E-state index in [9.17, 15) is 10.1 Å². The smallest absolute Gasteiger partial charge is 0.286 e. The average molecular weight is 386 g/mol. The van der Waals surface area contributed by atoms with Gasteiger partial charge in [-0.2, -0.15) is 0 Å². The summed E-state index contributed by atoms with van der Waals surface area (Å²) in [6, 6.07) is 0. The number of thioether (sulfide) groups is 1. The predicted molar refractivity (Wildman–Crippen MR) is 102 cm³/mol. The van der Waals surface area contributed by atoms with Crippen molar-refractivity contribution in [3.8, 4) is 0 Å². The van der Waals surface area contributed by atoms with Gasteiger partial charge in [-0.05, 0) is 5.41 Å². The molecule has 1 aliphatic rings. The highest BCUT2D eigenvalue weighted by Crippen LogP contribution is 2.31. The highest BCUT2D eigenvalue weighted by molar-refractivity contribution is 7.99. The summed E-state index contributed by atoms with van der Waals surface area (Å²) in [6.45, 7) is 5.24. The van der Waals surface area contributed by atoms with Gasteiger partial charge in [-0.25, -0.2) is 9.98 Å². The maximum atomic E-state index is 11.3. The van der Waals surface area contributed by atoms with Gasteiger partial charge in [0.1, 0.15) is 5.37 Å². The number of guanidine groups is 1. The van der Waals surface area contributed by atoms with E-state index >= 15 is 0 Å². The first-order valence-corrected chi connectivity index (χ1v) is 9.71. The van der Waals surface area contributed by atoms with Crippen LogP contribution in [0.4, 0.5) is 0 Å². The molecule has 0 bridgehead atoms. The first-order valence-electron chi connectivity index (χ1n) is 7.72. The summed E-state index contributed by atoms with van der Waals surface area (Å²) in [5.41, 5.74) is 13.5. The summed E-state index contributed by atoms with van der Waals surface area (Å²) >= 11 is 3.00. The third-order valence-corrected chi connectivity index (χ3v) is 5.26. The minimum absolute atomic E-state index is 0.00739. The van der Waals surface area contributed by atoms with Crippen LogP contribution < -0.4 is 22.1 Å². The molecule has 0 spiro atoms. The van der Waals surface area contributed by atoms with Gasteiger partial charge in [0.05, 0.1) is 16.1 Å². The van der Waals surface area contributed by atoms with Crippen LogP contribution in [0.3, 0.4) is 0 Å². The fourth-order valence-corrected chi connectivity index (χ4v) is 3.97. The van der Waals surface area contributed by atoms with Gasteiger partial charge < -0.3 is 22.1 Å². The average Bonchev–Trinajstić information content (AvgIpc) is 3.04. The van der Waals surface area contributed by atoms with Crippen LogP contribution in [0.25, 0.3) is 0 Å². The van der Waals surface area contributed by atoms with Gasteiger partial charge in [-0.1, -0.05) is 13.8 Å². The van der Waals surface area contributed by atoms with Gasteiger partial charge in [0.15, 0.2) is 11.8 Å². The SMILES string of the molecule is CC1(C)CNC(NCCSC(N=C(N)N)c2cscn2)=C([N+](=O)[O-])C1. The fourth-order valence-electron chi connectivity index (χ4n) is 2.37. The maximum Gasteiger partial charge on any atom is 0.286 e. The second-order valence-corrected chi connectivity index (χ2v) is 8.30. The summed E-state index contributed by atoms with van der Waals surface area (Å²) in [5, 5.41) is 19.2. The number of thiazole rings is 1. The number of hydrogen-bond donors (Lipinski definition) is 4. The predicted octanol–water partition coefficient (Wildman–Crippen LogP) is 1.20. The second-order valence-electron chi connectivity index (χ2n) is 6.39. The molecule has 0 saturated heterocycles. The third kappa shape index (κ3) is 5.78. The number of aromatic nitrogens is 1. The molecule has 0 fully saturated rings. The van der Waals surface area contributed by atoms with Crippen molar-refractivity contribution in [1.82, 2.24) is 15.6 Å².